The first kappa shape index (κ1) is 18.8. The number of carbonyl (C=O) groups is 1. The largest absolute Gasteiger partial charge is 0.355 e. The van der Waals surface area contributed by atoms with Gasteiger partial charge in [0.25, 0.3) is 0 Å². The van der Waals surface area contributed by atoms with Gasteiger partial charge in [-0.3, -0.25) is 9.69 Å². The van der Waals surface area contributed by atoms with Crippen molar-refractivity contribution in [3.63, 3.8) is 0 Å². The minimum Gasteiger partial charge on any atom is -0.355 e. The molecule has 1 saturated heterocycles. The summed E-state index contributed by atoms with van der Waals surface area (Å²) in [5, 5.41) is 2.75. The average molecular weight is 339 g/mol. The van der Waals surface area contributed by atoms with Crippen LogP contribution in [-0.4, -0.2) is 61.5 Å². The quantitative estimate of drug-likeness (QED) is 0.824. The monoisotopic (exact) mass is 339 g/mol. The molecule has 0 atom stereocenters. The Bertz CT molecular complexity index is 523. The van der Waals surface area contributed by atoms with Gasteiger partial charge in [0.15, 0.2) is 0 Å². The van der Waals surface area contributed by atoms with Crippen LogP contribution in [0.1, 0.15) is 19.4 Å². The van der Waals surface area contributed by atoms with E-state index in [2.05, 4.69) is 29.0 Å². The van der Waals surface area contributed by atoms with Crippen LogP contribution in [0.3, 0.4) is 0 Å². The molecule has 0 radical (unpaired) electrons. The van der Waals surface area contributed by atoms with Gasteiger partial charge in [0, 0.05) is 44.8 Å². The van der Waals surface area contributed by atoms with Gasteiger partial charge in [0.05, 0.1) is 6.54 Å². The van der Waals surface area contributed by atoms with Crippen molar-refractivity contribution in [1.82, 2.24) is 15.1 Å². The van der Waals surface area contributed by atoms with Gasteiger partial charge < -0.3 is 10.2 Å². The number of nitrogens with one attached hydrogen (secondary N) is 1. The predicted octanol–water partition coefficient (Wildman–Crippen LogP) is 1.90. The molecule has 1 fully saturated rings. The van der Waals surface area contributed by atoms with Crippen LogP contribution in [0.2, 0.25) is 0 Å². The lowest BCUT2D eigenvalue weighted by atomic mass is 10.1. The predicted molar refractivity (Wildman–Crippen MR) is 90.8 cm³/mol. The topological polar surface area (TPSA) is 35.6 Å². The van der Waals surface area contributed by atoms with Crippen LogP contribution in [0, 0.1) is 17.6 Å². The maximum Gasteiger partial charge on any atom is 0.234 e. The molecule has 0 unspecified atom stereocenters. The van der Waals surface area contributed by atoms with E-state index < -0.39 is 11.6 Å². The molecule has 2 rings (SSSR count). The minimum atomic E-state index is -0.564. The van der Waals surface area contributed by atoms with E-state index in [1.165, 1.54) is 18.2 Å². The number of nitrogens with zero attached hydrogens (tertiary/aromatic N) is 2. The second kappa shape index (κ2) is 9.08. The molecule has 6 heteroatoms. The van der Waals surface area contributed by atoms with E-state index in [1.54, 1.807) is 0 Å². The molecule has 4 nitrogen and oxygen atoms in total. The third kappa shape index (κ3) is 5.83. The molecule has 24 heavy (non-hydrogen) atoms. The van der Waals surface area contributed by atoms with Crippen molar-refractivity contribution in [2.75, 3.05) is 45.8 Å². The smallest absolute Gasteiger partial charge is 0.234 e. The molecular weight excluding hydrogens is 312 g/mol. The molecule has 0 bridgehead atoms. The Morgan fingerprint density at radius 3 is 2.29 bits per heavy atom. The zero-order valence-electron chi connectivity index (χ0n) is 14.5. The van der Waals surface area contributed by atoms with Crippen molar-refractivity contribution in [2.24, 2.45) is 5.92 Å². The molecule has 1 aliphatic rings. The number of benzene rings is 1. The number of piperazine rings is 1. The Kier molecular flexibility index (Phi) is 7.12. The summed E-state index contributed by atoms with van der Waals surface area (Å²) in [7, 11) is 0. The highest BCUT2D eigenvalue weighted by Crippen LogP contribution is 2.12. The molecule has 1 aromatic carbocycles. The lowest BCUT2D eigenvalue weighted by Gasteiger charge is -2.35. The van der Waals surface area contributed by atoms with Crippen molar-refractivity contribution in [2.45, 2.75) is 20.3 Å². The molecule has 1 amide bonds. The van der Waals surface area contributed by atoms with Crippen LogP contribution >= 0.6 is 0 Å². The number of rotatable bonds is 7. The van der Waals surface area contributed by atoms with Gasteiger partial charge in [-0.15, -0.1) is 0 Å². The standard InChI is InChI=1S/C18H27F2N3O/c1-14(2)12-22-8-10-23(11-9-22)13-18(24)21-7-6-15-16(19)4-3-5-17(15)20/h3-5,14H,6-13H2,1-2H3,(H,21,24). The van der Waals surface area contributed by atoms with Crippen molar-refractivity contribution in [3.8, 4) is 0 Å². The van der Waals surface area contributed by atoms with Crippen LogP contribution in [-0.2, 0) is 11.2 Å². The zero-order chi connectivity index (χ0) is 17.5. The first-order valence-electron chi connectivity index (χ1n) is 8.60. The van der Waals surface area contributed by atoms with Crippen molar-refractivity contribution in [3.05, 3.63) is 35.4 Å². The van der Waals surface area contributed by atoms with E-state index in [9.17, 15) is 13.6 Å². The third-order valence-corrected chi connectivity index (χ3v) is 4.21. The maximum absolute atomic E-state index is 13.5. The number of hydrogen-bond donors (Lipinski definition) is 1. The normalized spacial score (nSPS) is 16.5. The summed E-state index contributed by atoms with van der Waals surface area (Å²) >= 11 is 0. The van der Waals surface area contributed by atoms with Crippen molar-refractivity contribution in [1.29, 1.82) is 0 Å². The van der Waals surface area contributed by atoms with E-state index in [4.69, 9.17) is 0 Å². The van der Waals surface area contributed by atoms with Gasteiger partial charge in [0.2, 0.25) is 5.91 Å². The van der Waals surface area contributed by atoms with E-state index in [-0.39, 0.29) is 24.4 Å². The first-order chi connectivity index (χ1) is 11.5. The van der Waals surface area contributed by atoms with Crippen LogP contribution in [0.5, 0.6) is 0 Å². The summed E-state index contributed by atoms with van der Waals surface area (Å²) in [5.74, 6) is -0.571. The average Bonchev–Trinajstić information content (AvgIpc) is 2.52. The SMILES string of the molecule is CC(C)CN1CCN(CC(=O)NCCc2c(F)cccc2F)CC1. The summed E-state index contributed by atoms with van der Waals surface area (Å²) in [4.78, 5) is 16.5. The Morgan fingerprint density at radius 1 is 1.12 bits per heavy atom. The van der Waals surface area contributed by atoms with Crippen LogP contribution in [0.25, 0.3) is 0 Å². The Morgan fingerprint density at radius 2 is 1.71 bits per heavy atom. The molecule has 1 aliphatic heterocycles. The van der Waals surface area contributed by atoms with Gasteiger partial charge in [0.1, 0.15) is 11.6 Å². The van der Waals surface area contributed by atoms with Crippen LogP contribution in [0.4, 0.5) is 8.78 Å². The second-order valence-corrected chi connectivity index (χ2v) is 6.77. The summed E-state index contributed by atoms with van der Waals surface area (Å²) in [5.41, 5.74) is 0.0279. The summed E-state index contributed by atoms with van der Waals surface area (Å²) in [6.45, 7) is 9.80. The highest BCUT2D eigenvalue weighted by atomic mass is 19.1. The third-order valence-electron chi connectivity index (χ3n) is 4.21. The number of hydrogen-bond acceptors (Lipinski definition) is 3. The van der Waals surface area contributed by atoms with Crippen LogP contribution in [0.15, 0.2) is 18.2 Å². The van der Waals surface area contributed by atoms with Gasteiger partial charge in [-0.1, -0.05) is 19.9 Å². The fourth-order valence-electron chi connectivity index (χ4n) is 3.00. The summed E-state index contributed by atoms with van der Waals surface area (Å²) in [6, 6.07) is 3.80. The Hall–Kier alpha value is -1.53. The Balaban J connectivity index is 1.67. The highest BCUT2D eigenvalue weighted by Gasteiger charge is 2.19. The van der Waals surface area contributed by atoms with Crippen LogP contribution < -0.4 is 5.32 Å². The summed E-state index contributed by atoms with van der Waals surface area (Å²) in [6.07, 6.45) is 0.159. The van der Waals surface area contributed by atoms with Gasteiger partial charge in [-0.25, -0.2) is 8.78 Å². The molecule has 1 N–H and O–H groups in total. The molecule has 0 aliphatic carbocycles. The molecule has 1 heterocycles. The molecule has 0 spiro atoms. The molecule has 0 saturated carbocycles. The van der Waals surface area contributed by atoms with Gasteiger partial charge >= 0.3 is 0 Å². The van der Waals surface area contributed by atoms with Crippen molar-refractivity contribution >= 4 is 5.91 Å². The zero-order valence-corrected chi connectivity index (χ0v) is 14.5. The molecule has 134 valence electrons. The first-order valence-corrected chi connectivity index (χ1v) is 8.60. The van der Waals surface area contributed by atoms with E-state index >= 15 is 0 Å². The van der Waals surface area contributed by atoms with E-state index in [0.717, 1.165) is 32.7 Å². The number of carbonyl (C=O) groups excluding carboxylic acids is 1. The fraction of sp³-hybridized carbons (Fsp3) is 0.611. The maximum atomic E-state index is 13.5. The van der Waals surface area contributed by atoms with Crippen molar-refractivity contribution < 1.29 is 13.6 Å². The highest BCUT2D eigenvalue weighted by molar-refractivity contribution is 5.78. The van der Waals surface area contributed by atoms with E-state index in [0.29, 0.717) is 12.5 Å². The summed E-state index contributed by atoms with van der Waals surface area (Å²) < 4.78 is 27.0. The van der Waals surface area contributed by atoms with Gasteiger partial charge in [-0.2, -0.15) is 0 Å². The molecular formula is C18H27F2N3O. The number of halogens is 2. The number of amides is 1. The Labute approximate surface area is 142 Å². The lowest BCUT2D eigenvalue weighted by Crippen LogP contribution is -2.50. The van der Waals surface area contributed by atoms with Gasteiger partial charge in [-0.05, 0) is 24.5 Å². The molecule has 1 aromatic rings. The fourth-order valence-corrected chi connectivity index (χ4v) is 3.00. The molecule has 0 aromatic heterocycles. The van der Waals surface area contributed by atoms with E-state index in [1.807, 2.05) is 0 Å². The lowest BCUT2D eigenvalue weighted by molar-refractivity contribution is -0.122. The minimum absolute atomic E-state index is 0.0279. The second-order valence-electron chi connectivity index (χ2n) is 6.77.